The molecule has 1 aliphatic rings. The lowest BCUT2D eigenvalue weighted by Crippen LogP contribution is -2.42. The highest BCUT2D eigenvalue weighted by atomic mass is 32.2. The highest BCUT2D eigenvalue weighted by molar-refractivity contribution is 7.99. The van der Waals surface area contributed by atoms with Gasteiger partial charge in [-0.1, -0.05) is 44.7 Å². The number of amides is 1. The molecule has 0 spiro atoms. The Hall–Kier alpha value is -2.99. The number of aromatic nitrogens is 2. The number of thioether (sulfide) groups is 1. The summed E-state index contributed by atoms with van der Waals surface area (Å²) in [5, 5.41) is 3.95. The highest BCUT2D eigenvalue weighted by Gasteiger charge is 2.31. The van der Waals surface area contributed by atoms with Crippen LogP contribution in [0.4, 0.5) is 5.69 Å². The van der Waals surface area contributed by atoms with Crippen molar-refractivity contribution >= 4 is 54.9 Å². The lowest BCUT2D eigenvalue weighted by atomic mass is 9.94. The van der Waals surface area contributed by atoms with Crippen molar-refractivity contribution in [3.8, 4) is 5.69 Å². The standard InChI is InChI=1S/C32H38N4O4S3/c1-7-26-23(6)42-30-29(26)31(38)36(27-15-19(2)8-9-22(27)5)32(34-30)41-18-28(37)33-24-10-12-25(13-11-24)43(39,40)35-16-20(3)14-21(4)17-35/h8-13,15,20-21H,7,14,16-18H2,1-6H3,(H,33,37). The quantitative estimate of drug-likeness (QED) is 0.179. The summed E-state index contributed by atoms with van der Waals surface area (Å²) < 4.78 is 29.7. The first-order valence-corrected chi connectivity index (χ1v) is 17.8. The first kappa shape index (κ1) is 31.4. The molecule has 3 heterocycles. The van der Waals surface area contributed by atoms with Crippen molar-refractivity contribution in [3.63, 3.8) is 0 Å². The van der Waals surface area contributed by atoms with E-state index in [4.69, 9.17) is 4.98 Å². The molecule has 11 heteroatoms. The second kappa shape index (κ2) is 12.6. The molecular formula is C32H38N4O4S3. The van der Waals surface area contributed by atoms with Crippen LogP contribution in [-0.2, 0) is 21.2 Å². The van der Waals surface area contributed by atoms with Gasteiger partial charge in [0, 0.05) is 23.7 Å². The lowest BCUT2D eigenvalue weighted by Gasteiger charge is -2.34. The number of piperidine rings is 1. The maximum Gasteiger partial charge on any atom is 0.267 e. The number of aryl methyl sites for hydroxylation is 4. The van der Waals surface area contributed by atoms with E-state index < -0.39 is 10.0 Å². The molecule has 0 radical (unpaired) electrons. The summed E-state index contributed by atoms with van der Waals surface area (Å²) in [7, 11) is -3.61. The van der Waals surface area contributed by atoms with Gasteiger partial charge < -0.3 is 5.32 Å². The van der Waals surface area contributed by atoms with Crippen LogP contribution >= 0.6 is 23.1 Å². The van der Waals surface area contributed by atoms with Gasteiger partial charge in [-0.3, -0.25) is 14.2 Å². The summed E-state index contributed by atoms with van der Waals surface area (Å²) in [4.78, 5) is 33.9. The molecule has 1 amide bonds. The summed E-state index contributed by atoms with van der Waals surface area (Å²) in [6, 6.07) is 12.3. The maximum absolute atomic E-state index is 14.0. The van der Waals surface area contributed by atoms with E-state index in [1.165, 1.54) is 23.1 Å². The molecule has 0 aliphatic carbocycles. The lowest BCUT2D eigenvalue weighted by molar-refractivity contribution is -0.113. The van der Waals surface area contributed by atoms with Gasteiger partial charge in [0.25, 0.3) is 5.56 Å². The van der Waals surface area contributed by atoms with Crippen molar-refractivity contribution in [3.05, 3.63) is 74.4 Å². The molecule has 1 saturated heterocycles. The summed E-state index contributed by atoms with van der Waals surface area (Å²) in [6.07, 6.45) is 1.76. The summed E-state index contributed by atoms with van der Waals surface area (Å²) in [5.41, 5.74) is 4.10. The van der Waals surface area contributed by atoms with Crippen molar-refractivity contribution < 1.29 is 13.2 Å². The largest absolute Gasteiger partial charge is 0.325 e. The normalized spacial score (nSPS) is 17.8. The second-order valence-corrected chi connectivity index (χ2v) is 15.7. The summed E-state index contributed by atoms with van der Waals surface area (Å²) in [6.45, 7) is 13.2. The van der Waals surface area contributed by atoms with Gasteiger partial charge in [-0.15, -0.1) is 11.3 Å². The Kier molecular flexibility index (Phi) is 9.18. The average Bonchev–Trinajstić information content (AvgIpc) is 3.28. The number of rotatable bonds is 8. The molecule has 2 aromatic heterocycles. The fraction of sp³-hybridized carbons (Fsp3) is 0.406. The Morgan fingerprint density at radius 1 is 1.07 bits per heavy atom. The number of hydrogen-bond acceptors (Lipinski definition) is 7. The molecule has 2 aromatic carbocycles. The van der Waals surface area contributed by atoms with Crippen LogP contribution in [0.15, 0.2) is 57.3 Å². The van der Waals surface area contributed by atoms with Crippen LogP contribution in [0.3, 0.4) is 0 Å². The Labute approximate surface area is 261 Å². The van der Waals surface area contributed by atoms with Gasteiger partial charge in [0.05, 0.1) is 21.7 Å². The first-order chi connectivity index (χ1) is 20.4. The number of anilines is 1. The van der Waals surface area contributed by atoms with Crippen molar-refractivity contribution in [2.75, 3.05) is 24.2 Å². The first-order valence-electron chi connectivity index (χ1n) is 14.5. The van der Waals surface area contributed by atoms with Gasteiger partial charge in [-0.05, 0) is 92.5 Å². The minimum Gasteiger partial charge on any atom is -0.325 e. The number of fused-ring (bicyclic) bond motifs is 1. The van der Waals surface area contributed by atoms with E-state index in [1.54, 1.807) is 33.1 Å². The van der Waals surface area contributed by atoms with E-state index in [2.05, 4.69) is 19.2 Å². The van der Waals surface area contributed by atoms with Crippen molar-refractivity contribution in [1.29, 1.82) is 0 Å². The molecule has 2 atom stereocenters. The number of carbonyl (C=O) groups excluding carboxylic acids is 1. The second-order valence-electron chi connectivity index (χ2n) is 11.6. The summed E-state index contributed by atoms with van der Waals surface area (Å²) >= 11 is 2.71. The Morgan fingerprint density at radius 3 is 2.40 bits per heavy atom. The third kappa shape index (κ3) is 6.45. The van der Waals surface area contributed by atoms with E-state index in [9.17, 15) is 18.0 Å². The molecule has 228 valence electrons. The Balaban J connectivity index is 1.37. The maximum atomic E-state index is 14.0. The van der Waals surface area contributed by atoms with E-state index >= 15 is 0 Å². The van der Waals surface area contributed by atoms with E-state index in [0.717, 1.165) is 40.1 Å². The fourth-order valence-electron chi connectivity index (χ4n) is 5.88. The number of nitrogens with zero attached hydrogens (tertiary/aromatic N) is 3. The molecule has 43 heavy (non-hydrogen) atoms. The zero-order chi connectivity index (χ0) is 31.1. The molecule has 0 saturated carbocycles. The number of sulfonamides is 1. The van der Waals surface area contributed by atoms with Crippen molar-refractivity contribution in [2.45, 2.75) is 64.4 Å². The van der Waals surface area contributed by atoms with Crippen LogP contribution in [-0.4, -0.2) is 47.0 Å². The van der Waals surface area contributed by atoms with E-state index in [-0.39, 0.29) is 22.1 Å². The van der Waals surface area contributed by atoms with E-state index in [1.807, 2.05) is 45.9 Å². The number of nitrogens with one attached hydrogen (secondary N) is 1. The zero-order valence-electron chi connectivity index (χ0n) is 25.4. The smallest absolute Gasteiger partial charge is 0.267 e. The third-order valence-corrected chi connectivity index (χ3v) is 11.7. The monoisotopic (exact) mass is 638 g/mol. The SMILES string of the molecule is CCc1c(C)sc2nc(SCC(=O)Nc3ccc(S(=O)(=O)N4CC(C)CC(C)C4)cc3)n(-c3cc(C)ccc3C)c(=O)c12. The number of carbonyl (C=O) groups is 1. The van der Waals surface area contributed by atoms with Gasteiger partial charge in [0.1, 0.15) is 4.83 Å². The molecule has 0 bridgehead atoms. The molecule has 5 rings (SSSR count). The molecular weight excluding hydrogens is 601 g/mol. The van der Waals surface area contributed by atoms with Gasteiger partial charge in [-0.25, -0.2) is 13.4 Å². The van der Waals surface area contributed by atoms with Gasteiger partial charge in [0.15, 0.2) is 5.16 Å². The number of benzene rings is 2. The Bertz CT molecular complexity index is 1840. The van der Waals surface area contributed by atoms with E-state index in [0.29, 0.717) is 46.0 Å². The predicted molar refractivity (Wildman–Crippen MR) is 176 cm³/mol. The van der Waals surface area contributed by atoms with Crippen LogP contribution in [0.2, 0.25) is 0 Å². The predicted octanol–water partition coefficient (Wildman–Crippen LogP) is 6.33. The molecule has 1 fully saturated rings. The zero-order valence-corrected chi connectivity index (χ0v) is 27.9. The molecule has 2 unspecified atom stereocenters. The minimum absolute atomic E-state index is 0.0252. The molecule has 4 aromatic rings. The van der Waals surface area contributed by atoms with Gasteiger partial charge >= 0.3 is 0 Å². The van der Waals surface area contributed by atoms with Crippen LogP contribution in [0.1, 0.15) is 48.8 Å². The third-order valence-electron chi connectivity index (χ3n) is 7.90. The minimum atomic E-state index is -3.61. The molecule has 1 aliphatic heterocycles. The van der Waals surface area contributed by atoms with Crippen molar-refractivity contribution in [2.24, 2.45) is 11.8 Å². The number of hydrogen-bond donors (Lipinski definition) is 1. The number of thiophene rings is 1. The van der Waals surface area contributed by atoms with Gasteiger partial charge in [-0.2, -0.15) is 4.31 Å². The molecule has 1 N–H and O–H groups in total. The van der Waals surface area contributed by atoms with Crippen LogP contribution < -0.4 is 10.9 Å². The topological polar surface area (TPSA) is 101 Å². The van der Waals surface area contributed by atoms with Crippen molar-refractivity contribution in [1.82, 2.24) is 13.9 Å². The summed E-state index contributed by atoms with van der Waals surface area (Å²) in [5.74, 6) is 0.372. The highest BCUT2D eigenvalue weighted by Crippen LogP contribution is 2.32. The van der Waals surface area contributed by atoms with Crippen LogP contribution in [0, 0.1) is 32.6 Å². The Morgan fingerprint density at radius 2 is 1.74 bits per heavy atom. The van der Waals surface area contributed by atoms with Gasteiger partial charge in [0.2, 0.25) is 15.9 Å². The van der Waals surface area contributed by atoms with Crippen LogP contribution in [0.25, 0.3) is 15.9 Å². The molecule has 8 nitrogen and oxygen atoms in total. The fourth-order valence-corrected chi connectivity index (χ4v) is 9.52. The average molecular weight is 639 g/mol. The van der Waals surface area contributed by atoms with Crippen LogP contribution in [0.5, 0.6) is 0 Å².